The highest BCUT2D eigenvalue weighted by atomic mass is 16.8. The molecule has 1 saturated carbocycles. The van der Waals surface area contributed by atoms with Crippen molar-refractivity contribution in [3.05, 3.63) is 0 Å². The fourth-order valence-electron chi connectivity index (χ4n) is 4.60. The summed E-state index contributed by atoms with van der Waals surface area (Å²) in [6.45, 7) is -0.143. The average molecular weight is 297 g/mol. The summed E-state index contributed by atoms with van der Waals surface area (Å²) < 4.78 is 12.5. The first-order valence-electron chi connectivity index (χ1n) is 8.11. The molecule has 0 aromatic carbocycles. The van der Waals surface area contributed by atoms with Crippen molar-refractivity contribution in [2.24, 2.45) is 0 Å². The van der Waals surface area contributed by atoms with E-state index in [1.807, 2.05) is 0 Å². The number of amides is 1. The van der Waals surface area contributed by atoms with Gasteiger partial charge in [-0.2, -0.15) is 0 Å². The van der Waals surface area contributed by atoms with E-state index < -0.39 is 11.9 Å². The lowest BCUT2D eigenvalue weighted by atomic mass is 9.94. The lowest BCUT2D eigenvalue weighted by Gasteiger charge is -2.41. The molecule has 6 heteroatoms. The quantitative estimate of drug-likeness (QED) is 0.720. The summed E-state index contributed by atoms with van der Waals surface area (Å²) in [5.74, 6) is -0.559. The van der Waals surface area contributed by atoms with E-state index >= 15 is 0 Å². The first-order valence-corrected chi connectivity index (χ1v) is 8.11. The molecule has 0 aromatic heterocycles. The van der Waals surface area contributed by atoms with Gasteiger partial charge in [0, 0.05) is 19.3 Å². The molecule has 21 heavy (non-hydrogen) atoms. The standard InChI is InChI=1S/C15H23NO5/c17-8-9-13-14(12-10(18)4-5-11(19)16(9)12)21-15(20-13)6-2-1-3-7-15/h9-10,12-14,17-18H,1-8H2/t9-,10-,12-,13-,14+/m1/s1. The Morgan fingerprint density at radius 1 is 1.19 bits per heavy atom. The molecule has 1 spiro atoms. The lowest BCUT2D eigenvalue weighted by Crippen LogP contribution is -2.55. The number of ether oxygens (including phenoxy) is 2. The van der Waals surface area contributed by atoms with E-state index in [0.29, 0.717) is 12.8 Å². The van der Waals surface area contributed by atoms with Crippen LogP contribution in [-0.4, -0.2) is 63.8 Å². The molecule has 3 saturated heterocycles. The molecule has 6 nitrogen and oxygen atoms in total. The highest BCUT2D eigenvalue weighted by Gasteiger charge is 2.63. The van der Waals surface area contributed by atoms with Crippen LogP contribution in [0.15, 0.2) is 0 Å². The fraction of sp³-hybridized carbons (Fsp3) is 0.933. The van der Waals surface area contributed by atoms with Crippen LogP contribution in [0.5, 0.6) is 0 Å². The van der Waals surface area contributed by atoms with Crippen LogP contribution < -0.4 is 0 Å². The van der Waals surface area contributed by atoms with Gasteiger partial charge >= 0.3 is 0 Å². The number of carbonyl (C=O) groups is 1. The van der Waals surface area contributed by atoms with Crippen molar-refractivity contribution in [3.8, 4) is 0 Å². The third-order valence-electron chi connectivity index (χ3n) is 5.56. The van der Waals surface area contributed by atoms with Crippen LogP contribution in [0.2, 0.25) is 0 Å². The number of carbonyl (C=O) groups excluding carboxylic acids is 1. The van der Waals surface area contributed by atoms with Gasteiger partial charge < -0.3 is 24.6 Å². The van der Waals surface area contributed by atoms with Gasteiger partial charge in [-0.1, -0.05) is 6.42 Å². The van der Waals surface area contributed by atoms with Gasteiger partial charge in [0.05, 0.1) is 24.8 Å². The summed E-state index contributed by atoms with van der Waals surface area (Å²) in [6, 6.07) is -0.751. The summed E-state index contributed by atoms with van der Waals surface area (Å²) >= 11 is 0. The van der Waals surface area contributed by atoms with E-state index in [-0.39, 0.29) is 36.8 Å². The second-order valence-electron chi connectivity index (χ2n) is 6.78. The third kappa shape index (κ3) is 1.96. The molecule has 1 amide bonds. The van der Waals surface area contributed by atoms with E-state index in [0.717, 1.165) is 25.7 Å². The summed E-state index contributed by atoms with van der Waals surface area (Å²) in [6.07, 6.45) is 4.70. The fourth-order valence-corrected chi connectivity index (χ4v) is 4.60. The van der Waals surface area contributed by atoms with Crippen molar-refractivity contribution in [1.29, 1.82) is 0 Å². The Morgan fingerprint density at radius 2 is 1.90 bits per heavy atom. The molecule has 118 valence electrons. The molecular formula is C15H23NO5. The van der Waals surface area contributed by atoms with Crippen LogP contribution in [0.25, 0.3) is 0 Å². The number of fused-ring (bicyclic) bond motifs is 3. The van der Waals surface area contributed by atoms with Gasteiger partial charge in [0.2, 0.25) is 5.91 Å². The SMILES string of the molecule is O=C1CC[C@@H](O)[C@@H]2[C@@H]3OC4(CCCCC4)O[C@@H]3[C@@H](CO)N12. The van der Waals surface area contributed by atoms with Gasteiger partial charge in [-0.05, 0) is 19.3 Å². The topological polar surface area (TPSA) is 79.2 Å². The molecule has 3 heterocycles. The van der Waals surface area contributed by atoms with E-state index in [1.165, 1.54) is 6.42 Å². The molecule has 3 aliphatic heterocycles. The zero-order valence-corrected chi connectivity index (χ0v) is 12.1. The van der Waals surface area contributed by atoms with E-state index in [9.17, 15) is 15.0 Å². The Balaban J connectivity index is 1.64. The first kappa shape index (κ1) is 13.9. The van der Waals surface area contributed by atoms with Crippen LogP contribution in [0, 0.1) is 0 Å². The zero-order chi connectivity index (χ0) is 14.6. The monoisotopic (exact) mass is 297 g/mol. The van der Waals surface area contributed by atoms with Crippen molar-refractivity contribution < 1.29 is 24.5 Å². The maximum atomic E-state index is 12.2. The van der Waals surface area contributed by atoms with Gasteiger partial charge in [-0.25, -0.2) is 0 Å². The smallest absolute Gasteiger partial charge is 0.223 e. The van der Waals surface area contributed by atoms with Crippen molar-refractivity contribution in [1.82, 2.24) is 4.90 Å². The minimum Gasteiger partial charge on any atom is -0.394 e. The van der Waals surface area contributed by atoms with Crippen LogP contribution in [0.4, 0.5) is 0 Å². The summed E-state index contributed by atoms with van der Waals surface area (Å²) in [4.78, 5) is 13.8. The Hall–Kier alpha value is -0.690. The highest BCUT2D eigenvalue weighted by Crippen LogP contribution is 2.48. The summed E-state index contributed by atoms with van der Waals surface area (Å²) in [5, 5.41) is 20.1. The van der Waals surface area contributed by atoms with Gasteiger partial charge in [0.1, 0.15) is 12.2 Å². The highest BCUT2D eigenvalue weighted by molar-refractivity contribution is 5.78. The van der Waals surface area contributed by atoms with Crippen molar-refractivity contribution in [3.63, 3.8) is 0 Å². The third-order valence-corrected chi connectivity index (χ3v) is 5.56. The van der Waals surface area contributed by atoms with Gasteiger partial charge in [-0.15, -0.1) is 0 Å². The first-order chi connectivity index (χ1) is 10.2. The minimum atomic E-state index is -0.589. The molecule has 0 unspecified atom stereocenters. The van der Waals surface area contributed by atoms with Gasteiger partial charge in [0.25, 0.3) is 0 Å². The second-order valence-corrected chi connectivity index (χ2v) is 6.78. The minimum absolute atomic E-state index is 0.0105. The molecule has 2 N–H and O–H groups in total. The molecular weight excluding hydrogens is 274 g/mol. The van der Waals surface area contributed by atoms with Crippen molar-refractivity contribution >= 4 is 5.91 Å². The Kier molecular flexibility index (Phi) is 3.26. The Bertz CT molecular complexity index is 436. The van der Waals surface area contributed by atoms with E-state index in [2.05, 4.69) is 0 Å². The molecule has 4 fully saturated rings. The van der Waals surface area contributed by atoms with Crippen molar-refractivity contribution in [2.45, 2.75) is 81.1 Å². The molecule has 4 rings (SSSR count). The maximum Gasteiger partial charge on any atom is 0.223 e. The van der Waals surface area contributed by atoms with Gasteiger partial charge in [-0.3, -0.25) is 4.79 Å². The zero-order valence-electron chi connectivity index (χ0n) is 12.1. The molecule has 1 aliphatic carbocycles. The number of hydrogen-bond donors (Lipinski definition) is 2. The largest absolute Gasteiger partial charge is 0.394 e. The predicted molar refractivity (Wildman–Crippen MR) is 72.3 cm³/mol. The molecule has 0 aromatic rings. The number of rotatable bonds is 1. The van der Waals surface area contributed by atoms with Crippen molar-refractivity contribution in [2.75, 3.05) is 6.61 Å². The molecule has 0 bridgehead atoms. The average Bonchev–Trinajstić information content (AvgIpc) is 2.97. The number of aliphatic hydroxyl groups is 2. The second kappa shape index (κ2) is 4.91. The van der Waals surface area contributed by atoms with E-state index in [4.69, 9.17) is 9.47 Å². The van der Waals surface area contributed by atoms with Gasteiger partial charge in [0.15, 0.2) is 5.79 Å². The van der Waals surface area contributed by atoms with Crippen LogP contribution in [-0.2, 0) is 14.3 Å². The normalized spacial score (nSPS) is 45.0. The van der Waals surface area contributed by atoms with Crippen LogP contribution in [0.3, 0.4) is 0 Å². The summed E-state index contributed by atoms with van der Waals surface area (Å²) in [7, 11) is 0. The van der Waals surface area contributed by atoms with Crippen LogP contribution in [0.1, 0.15) is 44.9 Å². The molecule has 0 radical (unpaired) electrons. The number of aliphatic hydroxyl groups excluding tert-OH is 2. The maximum absolute atomic E-state index is 12.2. The predicted octanol–water partition coefficient (Wildman–Crippen LogP) is 0.157. The number of hydrogen-bond acceptors (Lipinski definition) is 5. The van der Waals surface area contributed by atoms with E-state index in [1.54, 1.807) is 4.90 Å². The number of nitrogens with zero attached hydrogens (tertiary/aromatic N) is 1. The molecule has 4 aliphatic rings. The number of piperidine rings is 1. The van der Waals surface area contributed by atoms with Crippen LogP contribution >= 0.6 is 0 Å². The Labute approximate surface area is 124 Å². The molecule has 5 atom stereocenters. The Morgan fingerprint density at radius 3 is 2.62 bits per heavy atom. The lowest BCUT2D eigenvalue weighted by molar-refractivity contribution is -0.218. The summed E-state index contributed by atoms with van der Waals surface area (Å²) in [5.41, 5.74) is 0.